The highest BCUT2D eigenvalue weighted by Gasteiger charge is 2.18. The Hall–Kier alpha value is -1.26. The Morgan fingerprint density at radius 1 is 1.16 bits per heavy atom. The van der Waals surface area contributed by atoms with Gasteiger partial charge < -0.3 is 15.3 Å². The van der Waals surface area contributed by atoms with Crippen LogP contribution >= 0.6 is 0 Å². The van der Waals surface area contributed by atoms with Crippen LogP contribution in [0.2, 0.25) is 0 Å². The van der Waals surface area contributed by atoms with Crippen molar-refractivity contribution in [1.29, 1.82) is 0 Å². The second-order valence-electron chi connectivity index (χ2n) is 5.69. The van der Waals surface area contributed by atoms with Gasteiger partial charge in [-0.1, -0.05) is 20.8 Å². The molecule has 2 amide bonds. The Bertz CT molecular complexity index is 290. The van der Waals surface area contributed by atoms with E-state index in [1.165, 1.54) is 0 Å². The van der Waals surface area contributed by atoms with Gasteiger partial charge in [0.25, 0.3) is 0 Å². The van der Waals surface area contributed by atoms with Crippen LogP contribution in [-0.4, -0.2) is 41.1 Å². The summed E-state index contributed by atoms with van der Waals surface area (Å²) in [6, 6.07) is -0.0314. The molecule has 0 aromatic carbocycles. The average molecular weight is 272 g/mol. The number of amides is 2. The molecule has 0 radical (unpaired) electrons. The van der Waals surface area contributed by atoms with Crippen LogP contribution in [0.4, 0.5) is 4.79 Å². The lowest BCUT2D eigenvalue weighted by Gasteiger charge is -2.28. The molecule has 5 heteroatoms. The number of aliphatic carboxylic acids is 1. The van der Waals surface area contributed by atoms with E-state index in [1.54, 1.807) is 4.90 Å². The van der Waals surface area contributed by atoms with Crippen molar-refractivity contribution >= 4 is 12.0 Å². The van der Waals surface area contributed by atoms with Gasteiger partial charge in [-0.05, 0) is 32.1 Å². The second kappa shape index (κ2) is 8.77. The van der Waals surface area contributed by atoms with Gasteiger partial charge in [0, 0.05) is 25.6 Å². The van der Waals surface area contributed by atoms with Crippen molar-refractivity contribution < 1.29 is 14.7 Å². The number of rotatable bonds is 8. The highest BCUT2D eigenvalue weighted by molar-refractivity contribution is 5.74. The maximum absolute atomic E-state index is 12.1. The zero-order chi connectivity index (χ0) is 15.0. The molecular formula is C14H28N2O3. The summed E-state index contributed by atoms with van der Waals surface area (Å²) in [5.41, 5.74) is 0. The number of hydrogen-bond donors (Lipinski definition) is 2. The molecule has 0 spiro atoms. The highest BCUT2D eigenvalue weighted by Crippen LogP contribution is 2.08. The number of carboxylic acid groups (broad SMARTS) is 1. The summed E-state index contributed by atoms with van der Waals surface area (Å²) >= 11 is 0. The molecule has 0 aliphatic rings. The molecule has 0 fully saturated rings. The van der Waals surface area contributed by atoms with Crippen LogP contribution in [0.3, 0.4) is 0 Å². The smallest absolute Gasteiger partial charge is 0.317 e. The van der Waals surface area contributed by atoms with E-state index in [2.05, 4.69) is 26.1 Å². The van der Waals surface area contributed by atoms with Gasteiger partial charge in [0.2, 0.25) is 0 Å². The molecule has 0 aliphatic heterocycles. The van der Waals surface area contributed by atoms with Crippen LogP contribution in [0.25, 0.3) is 0 Å². The van der Waals surface area contributed by atoms with Crippen LogP contribution in [-0.2, 0) is 4.79 Å². The number of hydrogen-bond acceptors (Lipinski definition) is 2. The zero-order valence-electron chi connectivity index (χ0n) is 12.8. The third-order valence-electron chi connectivity index (χ3n) is 3.39. The summed E-state index contributed by atoms with van der Waals surface area (Å²) in [6.45, 7) is 11.4. The Kier molecular flexibility index (Phi) is 8.19. The summed E-state index contributed by atoms with van der Waals surface area (Å²) < 4.78 is 0. The van der Waals surface area contributed by atoms with Crippen LogP contribution in [0.5, 0.6) is 0 Å². The van der Waals surface area contributed by atoms with Crippen LogP contribution in [0.1, 0.15) is 47.5 Å². The average Bonchev–Trinajstić information content (AvgIpc) is 2.30. The summed E-state index contributed by atoms with van der Waals surface area (Å²) in [4.78, 5) is 24.2. The van der Waals surface area contributed by atoms with Gasteiger partial charge in [0.05, 0.1) is 0 Å². The molecule has 0 saturated heterocycles. The third-order valence-corrected chi connectivity index (χ3v) is 3.39. The summed E-state index contributed by atoms with van der Waals surface area (Å²) in [5, 5.41) is 11.5. The maximum Gasteiger partial charge on any atom is 0.317 e. The first-order chi connectivity index (χ1) is 8.75. The van der Waals surface area contributed by atoms with E-state index < -0.39 is 5.97 Å². The Morgan fingerprint density at radius 2 is 1.74 bits per heavy atom. The normalized spacial score (nSPS) is 12.6. The number of urea groups is 1. The second-order valence-corrected chi connectivity index (χ2v) is 5.69. The van der Waals surface area contributed by atoms with Crippen LogP contribution in [0.15, 0.2) is 0 Å². The lowest BCUT2D eigenvalue weighted by Crippen LogP contribution is -2.46. The van der Waals surface area contributed by atoms with Crippen LogP contribution < -0.4 is 5.32 Å². The summed E-state index contributed by atoms with van der Waals surface area (Å²) in [7, 11) is 0. The van der Waals surface area contributed by atoms with Crippen LogP contribution in [0, 0.1) is 11.8 Å². The number of carbonyl (C=O) groups is 2. The molecule has 0 aromatic heterocycles. The molecule has 112 valence electrons. The number of carbonyl (C=O) groups excluding carboxylic acids is 1. The molecular weight excluding hydrogens is 244 g/mol. The van der Waals surface area contributed by atoms with E-state index in [4.69, 9.17) is 5.11 Å². The van der Waals surface area contributed by atoms with E-state index in [0.29, 0.717) is 31.3 Å². The van der Waals surface area contributed by atoms with Gasteiger partial charge >= 0.3 is 12.0 Å². The first-order valence-electron chi connectivity index (χ1n) is 7.02. The van der Waals surface area contributed by atoms with Gasteiger partial charge in [-0.3, -0.25) is 4.79 Å². The molecule has 1 atom stereocenters. The Labute approximate surface area is 116 Å². The molecule has 0 aromatic rings. The lowest BCUT2D eigenvalue weighted by molar-refractivity contribution is -0.137. The molecule has 2 N–H and O–H groups in total. The van der Waals surface area contributed by atoms with Crippen molar-refractivity contribution in [3.63, 3.8) is 0 Å². The van der Waals surface area contributed by atoms with E-state index >= 15 is 0 Å². The molecule has 0 saturated carbocycles. The first kappa shape index (κ1) is 17.7. The quantitative estimate of drug-likeness (QED) is 0.713. The van der Waals surface area contributed by atoms with E-state index in [9.17, 15) is 9.59 Å². The van der Waals surface area contributed by atoms with Crippen molar-refractivity contribution in [1.82, 2.24) is 10.2 Å². The van der Waals surface area contributed by atoms with Gasteiger partial charge in [0.15, 0.2) is 0 Å². The van der Waals surface area contributed by atoms with Gasteiger partial charge in [-0.2, -0.15) is 0 Å². The number of nitrogens with zero attached hydrogens (tertiary/aromatic N) is 1. The minimum Gasteiger partial charge on any atom is -0.481 e. The number of carboxylic acids is 1. The minimum atomic E-state index is -0.822. The highest BCUT2D eigenvalue weighted by atomic mass is 16.4. The molecule has 19 heavy (non-hydrogen) atoms. The zero-order valence-corrected chi connectivity index (χ0v) is 12.8. The summed E-state index contributed by atoms with van der Waals surface area (Å²) in [5.74, 6) is 0.134. The van der Waals surface area contributed by atoms with E-state index in [1.807, 2.05) is 13.8 Å². The fraction of sp³-hybridized carbons (Fsp3) is 0.857. The number of nitrogens with one attached hydrogen (secondary N) is 1. The predicted molar refractivity (Wildman–Crippen MR) is 76.1 cm³/mol. The van der Waals surface area contributed by atoms with Crippen molar-refractivity contribution in [3.8, 4) is 0 Å². The van der Waals surface area contributed by atoms with Gasteiger partial charge in [-0.15, -0.1) is 0 Å². The van der Waals surface area contributed by atoms with Gasteiger partial charge in [0.1, 0.15) is 0 Å². The molecule has 0 bridgehead atoms. The Morgan fingerprint density at radius 3 is 2.16 bits per heavy atom. The van der Waals surface area contributed by atoms with E-state index in [-0.39, 0.29) is 18.5 Å². The fourth-order valence-corrected chi connectivity index (χ4v) is 1.58. The maximum atomic E-state index is 12.1. The van der Waals surface area contributed by atoms with E-state index in [0.717, 1.165) is 0 Å². The molecule has 5 nitrogen and oxygen atoms in total. The minimum absolute atomic E-state index is 0.0724. The van der Waals surface area contributed by atoms with Crippen molar-refractivity contribution in [2.45, 2.75) is 53.5 Å². The van der Waals surface area contributed by atoms with Crippen molar-refractivity contribution in [2.75, 3.05) is 13.1 Å². The largest absolute Gasteiger partial charge is 0.481 e. The van der Waals surface area contributed by atoms with Gasteiger partial charge in [-0.25, -0.2) is 4.79 Å². The Balaban J connectivity index is 4.22. The lowest BCUT2D eigenvalue weighted by atomic mass is 9.98. The first-order valence-corrected chi connectivity index (χ1v) is 7.02. The molecule has 0 rings (SSSR count). The summed E-state index contributed by atoms with van der Waals surface area (Å²) in [6.07, 6.45) is 0.583. The standard InChI is InChI=1S/C14H28N2O3/c1-10(2)12(5)9-15-14(19)16(11(3)4)8-6-7-13(17)18/h10-12H,6-9H2,1-5H3,(H,15,19)(H,17,18). The fourth-order valence-electron chi connectivity index (χ4n) is 1.58. The predicted octanol–water partition coefficient (Wildman–Crippen LogP) is 2.56. The monoisotopic (exact) mass is 272 g/mol. The van der Waals surface area contributed by atoms with Crippen molar-refractivity contribution in [2.24, 2.45) is 11.8 Å². The SMILES string of the molecule is CC(C)C(C)CNC(=O)N(CCCC(=O)O)C(C)C. The molecule has 0 aliphatic carbocycles. The molecule has 0 heterocycles. The third kappa shape index (κ3) is 7.70. The molecule has 1 unspecified atom stereocenters. The van der Waals surface area contributed by atoms with Crippen molar-refractivity contribution in [3.05, 3.63) is 0 Å². The topological polar surface area (TPSA) is 69.6 Å².